The van der Waals surface area contributed by atoms with Gasteiger partial charge in [0.1, 0.15) is 12.4 Å². The maximum Gasteiger partial charge on any atom is 0.249 e. The van der Waals surface area contributed by atoms with E-state index in [1.165, 1.54) is 11.0 Å². The average molecular weight is 314 g/mol. The lowest BCUT2D eigenvalue weighted by Gasteiger charge is -2.09. The Labute approximate surface area is 130 Å². The largest absolute Gasteiger partial charge is 0.345 e. The Morgan fingerprint density at radius 1 is 1.39 bits per heavy atom. The Balaban J connectivity index is 1.57. The van der Waals surface area contributed by atoms with E-state index in [9.17, 15) is 4.79 Å². The normalized spacial score (nSPS) is 12.0. The zero-order valence-electron chi connectivity index (χ0n) is 12.3. The molecule has 23 heavy (non-hydrogen) atoms. The highest BCUT2D eigenvalue weighted by molar-refractivity contribution is 5.76. The molecule has 0 aliphatic heterocycles. The van der Waals surface area contributed by atoms with Crippen LogP contribution in [0.2, 0.25) is 0 Å². The number of hydrogen-bond donors (Lipinski definition) is 1. The fourth-order valence-electron chi connectivity index (χ4n) is 1.90. The van der Waals surface area contributed by atoms with Gasteiger partial charge in [0.25, 0.3) is 0 Å². The highest BCUT2D eigenvalue weighted by atomic mass is 16.5. The van der Waals surface area contributed by atoms with Crippen molar-refractivity contribution in [2.24, 2.45) is 0 Å². The van der Waals surface area contributed by atoms with Gasteiger partial charge in [-0.3, -0.25) is 9.78 Å². The molecule has 0 radical (unpaired) electrons. The molecule has 0 bridgehead atoms. The van der Waals surface area contributed by atoms with Crippen LogP contribution in [-0.2, 0) is 11.3 Å². The number of tetrazole rings is 1. The molecule has 118 valence electrons. The van der Waals surface area contributed by atoms with Crippen LogP contribution in [0.3, 0.4) is 0 Å². The molecule has 0 unspecified atom stereocenters. The first-order valence-electron chi connectivity index (χ1n) is 6.96. The lowest BCUT2D eigenvalue weighted by Crippen LogP contribution is -2.27. The fourth-order valence-corrected chi connectivity index (χ4v) is 1.90. The van der Waals surface area contributed by atoms with Gasteiger partial charge in [0.15, 0.2) is 0 Å². The molecule has 0 aliphatic carbocycles. The van der Waals surface area contributed by atoms with E-state index in [-0.39, 0.29) is 18.4 Å². The molecular weight excluding hydrogens is 300 g/mol. The van der Waals surface area contributed by atoms with Crippen LogP contribution < -0.4 is 5.32 Å². The van der Waals surface area contributed by atoms with Crippen LogP contribution in [0.5, 0.6) is 0 Å². The minimum atomic E-state index is -0.389. The highest BCUT2D eigenvalue weighted by Crippen LogP contribution is 2.17. The molecule has 10 nitrogen and oxygen atoms in total. The predicted octanol–water partition coefficient (Wildman–Crippen LogP) is 0.386. The molecule has 1 amide bonds. The summed E-state index contributed by atoms with van der Waals surface area (Å²) in [6, 6.07) is 3.17. The Hall–Kier alpha value is -3.17. The van der Waals surface area contributed by atoms with Crippen molar-refractivity contribution in [2.75, 3.05) is 0 Å². The molecular formula is C13H14N8O2. The lowest BCUT2D eigenvalue weighted by molar-refractivity contribution is -0.122. The SMILES string of the molecule is C[C@H](NC(=O)CCn1cnnn1)c1nc(-c2ccncc2)no1. The van der Waals surface area contributed by atoms with E-state index in [0.29, 0.717) is 18.3 Å². The molecule has 3 rings (SSSR count). The topological polar surface area (TPSA) is 125 Å². The van der Waals surface area contributed by atoms with E-state index in [1.54, 1.807) is 31.5 Å². The number of carbonyl (C=O) groups excluding carboxylic acids is 1. The fraction of sp³-hybridized carbons (Fsp3) is 0.308. The maximum absolute atomic E-state index is 11.9. The molecule has 3 heterocycles. The minimum Gasteiger partial charge on any atom is -0.345 e. The van der Waals surface area contributed by atoms with Crippen molar-refractivity contribution >= 4 is 5.91 Å². The van der Waals surface area contributed by atoms with Crippen LogP contribution in [-0.4, -0.2) is 41.2 Å². The van der Waals surface area contributed by atoms with Gasteiger partial charge in [-0.05, 0) is 29.5 Å². The molecule has 0 fully saturated rings. The molecule has 0 spiro atoms. The maximum atomic E-state index is 11.9. The van der Waals surface area contributed by atoms with E-state index >= 15 is 0 Å². The molecule has 0 aliphatic rings. The summed E-state index contributed by atoms with van der Waals surface area (Å²) in [7, 11) is 0. The summed E-state index contributed by atoms with van der Waals surface area (Å²) in [4.78, 5) is 20.1. The Bertz CT molecular complexity index is 755. The first-order valence-corrected chi connectivity index (χ1v) is 6.96. The lowest BCUT2D eigenvalue weighted by atomic mass is 10.2. The number of carbonyl (C=O) groups is 1. The smallest absolute Gasteiger partial charge is 0.249 e. The van der Waals surface area contributed by atoms with Crippen molar-refractivity contribution in [2.45, 2.75) is 25.9 Å². The van der Waals surface area contributed by atoms with E-state index in [4.69, 9.17) is 4.52 Å². The highest BCUT2D eigenvalue weighted by Gasteiger charge is 2.17. The zero-order valence-corrected chi connectivity index (χ0v) is 12.3. The van der Waals surface area contributed by atoms with Crippen molar-refractivity contribution in [3.8, 4) is 11.4 Å². The first-order chi connectivity index (χ1) is 11.2. The van der Waals surface area contributed by atoms with Gasteiger partial charge in [-0.2, -0.15) is 4.98 Å². The van der Waals surface area contributed by atoms with Crippen molar-refractivity contribution in [1.29, 1.82) is 0 Å². The van der Waals surface area contributed by atoms with Gasteiger partial charge in [-0.25, -0.2) is 4.68 Å². The van der Waals surface area contributed by atoms with E-state index in [0.717, 1.165) is 5.56 Å². The summed E-state index contributed by atoms with van der Waals surface area (Å²) >= 11 is 0. The quantitative estimate of drug-likeness (QED) is 0.692. The van der Waals surface area contributed by atoms with Gasteiger partial charge in [-0.1, -0.05) is 5.16 Å². The summed E-state index contributed by atoms with van der Waals surface area (Å²) in [5.74, 6) is 0.640. The van der Waals surface area contributed by atoms with Crippen LogP contribution in [0.15, 0.2) is 35.4 Å². The molecule has 3 aromatic rings. The predicted molar refractivity (Wildman–Crippen MR) is 76.5 cm³/mol. The van der Waals surface area contributed by atoms with Gasteiger partial charge in [0.2, 0.25) is 17.6 Å². The summed E-state index contributed by atoms with van der Waals surface area (Å²) in [6.07, 6.45) is 5.00. The van der Waals surface area contributed by atoms with Gasteiger partial charge in [0, 0.05) is 24.4 Å². The van der Waals surface area contributed by atoms with Crippen LogP contribution in [0.1, 0.15) is 25.3 Å². The third-order valence-corrected chi connectivity index (χ3v) is 3.09. The molecule has 0 saturated heterocycles. The molecule has 10 heteroatoms. The van der Waals surface area contributed by atoms with Crippen molar-refractivity contribution in [3.63, 3.8) is 0 Å². The van der Waals surface area contributed by atoms with E-state index in [1.807, 2.05) is 0 Å². The second-order valence-electron chi connectivity index (χ2n) is 4.80. The van der Waals surface area contributed by atoms with Crippen molar-refractivity contribution in [3.05, 3.63) is 36.7 Å². The Kier molecular flexibility index (Phi) is 4.32. The van der Waals surface area contributed by atoms with Gasteiger partial charge < -0.3 is 9.84 Å². The number of pyridine rings is 1. The number of aryl methyl sites for hydroxylation is 1. The standard InChI is InChI=1S/C13H14N8O2/c1-9(16-11(22)4-7-21-8-15-19-20-21)13-17-12(18-23-13)10-2-5-14-6-3-10/h2-3,5-6,8-9H,4,7H2,1H3,(H,16,22)/t9-/m0/s1. The molecule has 0 aromatic carbocycles. The van der Waals surface area contributed by atoms with Crippen LogP contribution in [0, 0.1) is 0 Å². The van der Waals surface area contributed by atoms with Crippen LogP contribution in [0.25, 0.3) is 11.4 Å². The second-order valence-corrected chi connectivity index (χ2v) is 4.80. The number of rotatable bonds is 6. The summed E-state index contributed by atoms with van der Waals surface area (Å²) < 4.78 is 6.68. The average Bonchev–Trinajstić information content (AvgIpc) is 3.25. The summed E-state index contributed by atoms with van der Waals surface area (Å²) in [5.41, 5.74) is 0.798. The zero-order chi connectivity index (χ0) is 16.1. The third kappa shape index (κ3) is 3.73. The van der Waals surface area contributed by atoms with Crippen molar-refractivity contribution in [1.82, 2.24) is 40.6 Å². The van der Waals surface area contributed by atoms with Gasteiger partial charge in [0.05, 0.1) is 6.54 Å². The Morgan fingerprint density at radius 3 is 2.96 bits per heavy atom. The first kappa shape index (κ1) is 14.8. The molecule has 1 atom stereocenters. The summed E-state index contributed by atoms with van der Waals surface area (Å²) in [5, 5.41) is 17.4. The summed E-state index contributed by atoms with van der Waals surface area (Å²) in [6.45, 7) is 2.18. The third-order valence-electron chi connectivity index (χ3n) is 3.09. The Morgan fingerprint density at radius 2 is 2.22 bits per heavy atom. The van der Waals surface area contributed by atoms with Crippen LogP contribution >= 0.6 is 0 Å². The second kappa shape index (κ2) is 6.73. The van der Waals surface area contributed by atoms with Crippen LogP contribution in [0.4, 0.5) is 0 Å². The van der Waals surface area contributed by atoms with Gasteiger partial charge in [-0.15, -0.1) is 5.10 Å². The number of hydrogen-bond acceptors (Lipinski definition) is 8. The van der Waals surface area contributed by atoms with Crippen molar-refractivity contribution < 1.29 is 9.32 Å². The number of aromatic nitrogens is 7. The molecule has 0 saturated carbocycles. The molecule has 1 N–H and O–H groups in total. The van der Waals surface area contributed by atoms with Gasteiger partial charge >= 0.3 is 0 Å². The molecule has 3 aromatic heterocycles. The number of nitrogens with zero attached hydrogens (tertiary/aromatic N) is 7. The van der Waals surface area contributed by atoms with E-state index in [2.05, 4.69) is 36.0 Å². The monoisotopic (exact) mass is 314 g/mol. The number of nitrogens with one attached hydrogen (secondary N) is 1. The van der Waals surface area contributed by atoms with E-state index < -0.39 is 0 Å². The minimum absolute atomic E-state index is 0.156. The number of amides is 1.